The quantitative estimate of drug-likeness (QED) is 0.772. The van der Waals surface area contributed by atoms with Crippen molar-refractivity contribution in [2.75, 3.05) is 22.3 Å². The third-order valence-electron chi connectivity index (χ3n) is 4.72. The van der Waals surface area contributed by atoms with Crippen LogP contribution in [0.15, 0.2) is 46.7 Å². The molecule has 27 heavy (non-hydrogen) atoms. The molecule has 1 aromatic heterocycles. The summed E-state index contributed by atoms with van der Waals surface area (Å²) < 4.78 is 5.54. The van der Waals surface area contributed by atoms with Crippen molar-refractivity contribution in [2.24, 2.45) is 4.99 Å². The van der Waals surface area contributed by atoms with E-state index in [2.05, 4.69) is 26.1 Å². The van der Waals surface area contributed by atoms with Gasteiger partial charge in [-0.25, -0.2) is 15.3 Å². The Morgan fingerprint density at radius 1 is 1.15 bits per heavy atom. The van der Waals surface area contributed by atoms with Crippen molar-refractivity contribution in [3.8, 4) is 5.75 Å². The van der Waals surface area contributed by atoms with Crippen molar-refractivity contribution in [1.29, 1.82) is 0 Å². The zero-order chi connectivity index (χ0) is 18.6. The van der Waals surface area contributed by atoms with Crippen LogP contribution in [0.2, 0.25) is 0 Å². The molecule has 1 saturated heterocycles. The number of nitrogens with zero attached hydrogens (tertiary/aromatic N) is 3. The fourth-order valence-corrected chi connectivity index (χ4v) is 3.57. The summed E-state index contributed by atoms with van der Waals surface area (Å²) in [7, 11) is 0. The number of nitrogens with one attached hydrogen (secondary N) is 3. The highest BCUT2D eigenvalue weighted by molar-refractivity contribution is 5.84. The molecule has 2 bridgehead atoms. The van der Waals surface area contributed by atoms with Gasteiger partial charge in [-0.15, -0.1) is 0 Å². The van der Waals surface area contributed by atoms with Gasteiger partial charge in [-0.05, 0) is 51.1 Å². The number of hydrogen-bond acceptors (Lipinski definition) is 8. The van der Waals surface area contributed by atoms with Crippen molar-refractivity contribution in [3.63, 3.8) is 0 Å². The SMILES string of the molecule is CC1=C2NOC(Nc3cc(C)nc(C)c3)(N=C1)N2c1ccc2c(c1)NCO2. The largest absolute Gasteiger partial charge is 0.471 e. The van der Waals surface area contributed by atoms with Gasteiger partial charge < -0.3 is 15.4 Å². The number of aryl methyl sites for hydroxylation is 2. The normalized spacial score (nSPS) is 22.3. The molecule has 138 valence electrons. The van der Waals surface area contributed by atoms with Crippen LogP contribution in [0.3, 0.4) is 0 Å². The van der Waals surface area contributed by atoms with E-state index in [1.165, 1.54) is 0 Å². The zero-order valence-electron chi connectivity index (χ0n) is 15.3. The molecule has 1 fully saturated rings. The number of pyridine rings is 1. The Morgan fingerprint density at radius 3 is 2.78 bits per heavy atom. The molecule has 3 aliphatic rings. The average Bonchev–Trinajstić information content (AvgIpc) is 3.19. The van der Waals surface area contributed by atoms with E-state index in [9.17, 15) is 0 Å². The number of hydroxylamine groups is 1. The van der Waals surface area contributed by atoms with Gasteiger partial charge in [0.05, 0.1) is 11.4 Å². The maximum atomic E-state index is 5.94. The summed E-state index contributed by atoms with van der Waals surface area (Å²) in [5.41, 5.74) is 8.62. The first-order valence-electron chi connectivity index (χ1n) is 8.79. The number of aromatic nitrogens is 1. The van der Waals surface area contributed by atoms with E-state index in [0.717, 1.165) is 45.6 Å². The molecular formula is C19H20N6O2. The number of fused-ring (bicyclic) bond motifs is 3. The van der Waals surface area contributed by atoms with Crippen molar-refractivity contribution >= 4 is 23.3 Å². The van der Waals surface area contributed by atoms with Gasteiger partial charge in [-0.3, -0.25) is 9.88 Å². The van der Waals surface area contributed by atoms with Crippen LogP contribution in [0.5, 0.6) is 5.75 Å². The van der Waals surface area contributed by atoms with Crippen molar-refractivity contribution in [3.05, 3.63) is 53.1 Å². The number of hydrogen-bond donors (Lipinski definition) is 3. The summed E-state index contributed by atoms with van der Waals surface area (Å²) >= 11 is 0. The number of benzene rings is 1. The molecule has 2 aromatic rings. The lowest BCUT2D eigenvalue weighted by Crippen LogP contribution is -2.51. The lowest BCUT2D eigenvalue weighted by atomic mass is 10.2. The highest BCUT2D eigenvalue weighted by atomic mass is 16.7. The van der Waals surface area contributed by atoms with Crippen molar-refractivity contribution < 1.29 is 9.57 Å². The number of rotatable bonds is 3. The first-order chi connectivity index (χ1) is 13.0. The van der Waals surface area contributed by atoms with Gasteiger partial charge in [0.15, 0.2) is 6.73 Å². The third-order valence-corrected chi connectivity index (χ3v) is 4.72. The fraction of sp³-hybridized carbons (Fsp3) is 0.263. The standard InChI is InChI=1S/C19H20N6O2/c1-11-9-21-19(23-14-6-12(2)22-13(3)7-14)25(18(11)24-27-19)15-4-5-17-16(8-15)20-10-26-17/h4-9,20,24H,10H2,1-3H3,(H,22,23). The van der Waals surface area contributed by atoms with Crippen LogP contribution >= 0.6 is 0 Å². The summed E-state index contributed by atoms with van der Waals surface area (Å²) in [5.74, 6) is 0.565. The van der Waals surface area contributed by atoms with Crippen LogP contribution in [-0.4, -0.2) is 23.9 Å². The highest BCUT2D eigenvalue weighted by Gasteiger charge is 2.49. The van der Waals surface area contributed by atoms with Gasteiger partial charge >= 0.3 is 5.97 Å². The van der Waals surface area contributed by atoms with Crippen LogP contribution in [0.4, 0.5) is 17.1 Å². The Labute approximate surface area is 156 Å². The number of aliphatic imine (C=N–C) groups is 1. The summed E-state index contributed by atoms with van der Waals surface area (Å²) in [4.78, 5) is 17.1. The minimum absolute atomic E-state index is 0.479. The fourth-order valence-electron chi connectivity index (χ4n) is 3.57. The second-order valence-corrected chi connectivity index (χ2v) is 6.85. The first-order valence-corrected chi connectivity index (χ1v) is 8.79. The Hall–Kier alpha value is -3.26. The molecule has 1 aromatic carbocycles. The molecular weight excluding hydrogens is 344 g/mol. The number of ether oxygens (including phenoxy) is 1. The topological polar surface area (TPSA) is 83.0 Å². The maximum absolute atomic E-state index is 5.94. The van der Waals surface area contributed by atoms with Crippen LogP contribution in [0.1, 0.15) is 18.3 Å². The molecule has 8 heteroatoms. The van der Waals surface area contributed by atoms with Crippen LogP contribution in [0.25, 0.3) is 0 Å². The zero-order valence-corrected chi connectivity index (χ0v) is 15.3. The smallest absolute Gasteiger partial charge is 0.351 e. The molecule has 0 saturated carbocycles. The van der Waals surface area contributed by atoms with E-state index in [1.807, 2.05) is 62.2 Å². The van der Waals surface area contributed by atoms with Gasteiger partial charge in [0, 0.05) is 28.9 Å². The lowest BCUT2D eigenvalue weighted by molar-refractivity contribution is -0.0214. The minimum atomic E-state index is -1.12. The molecule has 0 amide bonds. The average molecular weight is 364 g/mol. The molecule has 5 rings (SSSR count). The Morgan fingerprint density at radius 2 is 1.96 bits per heavy atom. The summed E-state index contributed by atoms with van der Waals surface area (Å²) in [5, 5.41) is 6.65. The Kier molecular flexibility index (Phi) is 3.32. The second-order valence-electron chi connectivity index (χ2n) is 6.85. The molecule has 1 unspecified atom stereocenters. The molecule has 0 radical (unpaired) electrons. The third kappa shape index (κ3) is 2.48. The van der Waals surface area contributed by atoms with Crippen molar-refractivity contribution in [2.45, 2.75) is 26.7 Å². The van der Waals surface area contributed by atoms with Gasteiger partial charge in [0.25, 0.3) is 0 Å². The highest BCUT2D eigenvalue weighted by Crippen LogP contribution is 2.42. The monoisotopic (exact) mass is 364 g/mol. The van der Waals surface area contributed by atoms with E-state index in [4.69, 9.17) is 9.57 Å². The number of anilines is 3. The Bertz CT molecular complexity index is 981. The van der Waals surface area contributed by atoms with Gasteiger partial charge in [-0.2, -0.15) is 0 Å². The molecule has 0 aliphatic carbocycles. The van der Waals surface area contributed by atoms with E-state index < -0.39 is 5.97 Å². The van der Waals surface area contributed by atoms with E-state index >= 15 is 0 Å². The van der Waals surface area contributed by atoms with Crippen LogP contribution in [0, 0.1) is 13.8 Å². The molecule has 1 atom stereocenters. The van der Waals surface area contributed by atoms with E-state index in [-0.39, 0.29) is 0 Å². The van der Waals surface area contributed by atoms with E-state index in [0.29, 0.717) is 6.73 Å². The minimum Gasteiger partial charge on any atom is -0.471 e. The van der Waals surface area contributed by atoms with Crippen LogP contribution in [-0.2, 0) is 4.84 Å². The van der Waals surface area contributed by atoms with Gasteiger partial charge in [-0.1, -0.05) is 0 Å². The molecule has 8 nitrogen and oxygen atoms in total. The summed E-state index contributed by atoms with van der Waals surface area (Å²) in [6.07, 6.45) is 1.81. The van der Waals surface area contributed by atoms with Gasteiger partial charge in [0.2, 0.25) is 0 Å². The first kappa shape index (κ1) is 16.0. The predicted octanol–water partition coefficient (Wildman–Crippen LogP) is 2.84. The molecule has 4 heterocycles. The second kappa shape index (κ2) is 5.62. The molecule has 0 spiro atoms. The van der Waals surface area contributed by atoms with Gasteiger partial charge in [0.1, 0.15) is 11.6 Å². The molecule has 3 aliphatic heterocycles. The van der Waals surface area contributed by atoms with Crippen LogP contribution < -0.4 is 25.8 Å². The van der Waals surface area contributed by atoms with E-state index in [1.54, 1.807) is 0 Å². The molecule has 3 N–H and O–H groups in total. The maximum Gasteiger partial charge on any atom is 0.351 e. The lowest BCUT2D eigenvalue weighted by Gasteiger charge is -2.36. The Balaban J connectivity index is 1.58. The summed E-state index contributed by atoms with van der Waals surface area (Å²) in [6.45, 7) is 6.40. The number of allylic oxidation sites excluding steroid dienone is 1. The predicted molar refractivity (Wildman–Crippen MR) is 104 cm³/mol. The van der Waals surface area contributed by atoms with Crippen molar-refractivity contribution in [1.82, 2.24) is 10.5 Å². The summed E-state index contributed by atoms with van der Waals surface area (Å²) in [6, 6.07) is 9.93.